The molecule has 3 rings (SSSR count). The Morgan fingerprint density at radius 3 is 2.59 bits per heavy atom. The number of hydrogen-bond donors (Lipinski definition) is 6. The van der Waals surface area contributed by atoms with Crippen LogP contribution in [0, 0.1) is 0 Å². The summed E-state index contributed by atoms with van der Waals surface area (Å²) in [6.45, 7) is -0.817. The molecule has 0 aromatic carbocycles. The standard InChI is InChI=1S/C11H17N5O10P2S/c1-29-11-14-8(12)5-9(15-11)16(3-13-5)10-7(18)6(17)4(25-10)2-24-28(22,23)26-27(19,20)21/h3-4,6-7,10,17-18H,2H2,1H3,(H,22,23)(H2,12,14,15)(H2,19,20,21)/t4-,6+,7+,10-/m1/s1. The monoisotopic (exact) mass is 473 g/mol. The minimum absolute atomic E-state index is 0.0989. The lowest BCUT2D eigenvalue weighted by molar-refractivity contribution is -0.0503. The first-order chi connectivity index (χ1) is 13.4. The summed E-state index contributed by atoms with van der Waals surface area (Å²) in [4.78, 5) is 38.8. The first-order valence-corrected chi connectivity index (χ1v) is 12.0. The molecule has 1 aliphatic rings. The lowest BCUT2D eigenvalue weighted by Crippen LogP contribution is -2.33. The van der Waals surface area contributed by atoms with Crippen molar-refractivity contribution in [3.63, 3.8) is 0 Å². The van der Waals surface area contributed by atoms with Gasteiger partial charge in [-0.3, -0.25) is 9.09 Å². The van der Waals surface area contributed by atoms with Crippen molar-refractivity contribution in [2.24, 2.45) is 0 Å². The topological polar surface area (TPSA) is 233 Å². The molecule has 29 heavy (non-hydrogen) atoms. The summed E-state index contributed by atoms with van der Waals surface area (Å²) >= 11 is 1.22. The van der Waals surface area contributed by atoms with Crippen LogP contribution < -0.4 is 5.73 Å². The predicted octanol–water partition coefficient (Wildman–Crippen LogP) is -1.02. The summed E-state index contributed by atoms with van der Waals surface area (Å²) in [5, 5.41) is 20.8. The first kappa shape index (κ1) is 22.5. The largest absolute Gasteiger partial charge is 0.481 e. The second kappa shape index (κ2) is 8.17. The Balaban J connectivity index is 1.80. The van der Waals surface area contributed by atoms with Crippen molar-refractivity contribution in [1.29, 1.82) is 0 Å². The number of anilines is 1. The van der Waals surface area contributed by atoms with E-state index >= 15 is 0 Å². The van der Waals surface area contributed by atoms with Gasteiger partial charge in [0.25, 0.3) is 0 Å². The summed E-state index contributed by atoms with van der Waals surface area (Å²) in [5.41, 5.74) is 6.29. The summed E-state index contributed by atoms with van der Waals surface area (Å²) in [6.07, 6.45) is -2.66. The van der Waals surface area contributed by atoms with Crippen molar-refractivity contribution in [2.75, 3.05) is 18.6 Å². The molecule has 0 spiro atoms. The number of nitrogens with zero attached hydrogens (tertiary/aromatic N) is 4. The number of fused-ring (bicyclic) bond motifs is 1. The number of aromatic nitrogens is 4. The molecule has 15 nitrogen and oxygen atoms in total. The number of phosphoric ester groups is 1. The lowest BCUT2D eigenvalue weighted by atomic mass is 10.1. The Morgan fingerprint density at radius 1 is 1.28 bits per heavy atom. The summed E-state index contributed by atoms with van der Waals surface area (Å²) in [7, 11) is -10.4. The number of imidazole rings is 1. The van der Waals surface area contributed by atoms with Gasteiger partial charge in [0.15, 0.2) is 22.8 Å². The van der Waals surface area contributed by atoms with Crippen LogP contribution >= 0.6 is 27.4 Å². The number of phosphoric acid groups is 2. The van der Waals surface area contributed by atoms with E-state index in [0.717, 1.165) is 0 Å². The molecule has 1 fully saturated rings. The normalized spacial score (nSPS) is 27.4. The molecule has 0 aliphatic carbocycles. The third-order valence-electron chi connectivity index (χ3n) is 3.83. The van der Waals surface area contributed by atoms with E-state index in [1.165, 1.54) is 22.7 Å². The van der Waals surface area contributed by atoms with Crippen LogP contribution in [0.5, 0.6) is 0 Å². The van der Waals surface area contributed by atoms with Crippen LogP contribution in [0.25, 0.3) is 11.2 Å². The van der Waals surface area contributed by atoms with E-state index in [9.17, 15) is 24.2 Å². The number of rotatable bonds is 7. The molecular formula is C11H17N5O10P2S. The molecule has 0 bridgehead atoms. The van der Waals surface area contributed by atoms with Gasteiger partial charge in [0.1, 0.15) is 23.8 Å². The van der Waals surface area contributed by atoms with Crippen molar-refractivity contribution in [3.8, 4) is 0 Å². The van der Waals surface area contributed by atoms with Crippen molar-refractivity contribution in [1.82, 2.24) is 19.5 Å². The molecule has 0 radical (unpaired) electrons. The molecule has 1 unspecified atom stereocenters. The van der Waals surface area contributed by atoms with Crippen LogP contribution in [0.2, 0.25) is 0 Å². The molecule has 7 N–H and O–H groups in total. The Morgan fingerprint density at radius 2 is 1.97 bits per heavy atom. The molecule has 0 amide bonds. The average molecular weight is 473 g/mol. The van der Waals surface area contributed by atoms with Crippen LogP contribution in [-0.4, -0.2) is 75.6 Å². The maximum Gasteiger partial charge on any atom is 0.481 e. The van der Waals surface area contributed by atoms with Crippen LogP contribution in [0.3, 0.4) is 0 Å². The number of hydrogen-bond acceptors (Lipinski definition) is 12. The Hall–Kier alpha value is -1.16. The molecular weight excluding hydrogens is 456 g/mol. The van der Waals surface area contributed by atoms with E-state index in [0.29, 0.717) is 5.16 Å². The first-order valence-electron chi connectivity index (χ1n) is 7.71. The molecule has 1 aliphatic heterocycles. The van der Waals surface area contributed by atoms with E-state index in [1.807, 2.05) is 0 Å². The molecule has 5 atom stereocenters. The van der Waals surface area contributed by atoms with Gasteiger partial charge in [-0.15, -0.1) is 0 Å². The third-order valence-corrected chi connectivity index (χ3v) is 6.53. The van der Waals surface area contributed by atoms with Gasteiger partial charge in [-0.2, -0.15) is 4.31 Å². The smallest absolute Gasteiger partial charge is 0.387 e. The second-order valence-electron chi connectivity index (χ2n) is 5.80. The maximum atomic E-state index is 11.5. The van der Waals surface area contributed by atoms with E-state index in [2.05, 4.69) is 23.8 Å². The fourth-order valence-electron chi connectivity index (χ4n) is 2.62. The van der Waals surface area contributed by atoms with Crippen LogP contribution in [-0.2, 0) is 22.7 Å². The SMILES string of the molecule is CSc1nc(N)c2ncn([C@@H]3O[C@H](COP(=O)(O)OP(=O)(O)O)[C@H](O)[C@@H]3O)c2n1. The zero-order chi connectivity index (χ0) is 21.6. The van der Waals surface area contributed by atoms with Gasteiger partial charge in [-0.1, -0.05) is 11.8 Å². The van der Waals surface area contributed by atoms with Crippen molar-refractivity contribution in [2.45, 2.75) is 29.7 Å². The molecule has 0 saturated carbocycles. The van der Waals surface area contributed by atoms with E-state index in [-0.39, 0.29) is 17.0 Å². The summed E-state index contributed by atoms with van der Waals surface area (Å²) in [6, 6.07) is 0. The third kappa shape index (κ3) is 4.95. The Bertz CT molecular complexity index is 1000. The zero-order valence-corrected chi connectivity index (χ0v) is 17.1. The minimum Gasteiger partial charge on any atom is -0.387 e. The van der Waals surface area contributed by atoms with Gasteiger partial charge < -0.3 is 35.4 Å². The van der Waals surface area contributed by atoms with Crippen molar-refractivity contribution < 1.29 is 47.6 Å². The Labute approximate surface area is 166 Å². The second-order valence-corrected chi connectivity index (χ2v) is 9.41. The highest BCUT2D eigenvalue weighted by atomic mass is 32.2. The lowest BCUT2D eigenvalue weighted by Gasteiger charge is -2.17. The van der Waals surface area contributed by atoms with Gasteiger partial charge >= 0.3 is 15.6 Å². The number of thioether (sulfide) groups is 1. The zero-order valence-electron chi connectivity index (χ0n) is 14.5. The molecule has 162 valence electrons. The summed E-state index contributed by atoms with van der Waals surface area (Å²) in [5.74, 6) is 0.0989. The number of ether oxygens (including phenoxy) is 1. The fraction of sp³-hybridized carbons (Fsp3) is 0.545. The maximum absolute atomic E-state index is 11.5. The molecule has 2 aromatic heterocycles. The number of aliphatic hydroxyl groups is 2. The van der Waals surface area contributed by atoms with E-state index in [1.54, 1.807) is 6.26 Å². The molecule has 1 saturated heterocycles. The Kier molecular flexibility index (Phi) is 6.34. The average Bonchev–Trinajstić information content (AvgIpc) is 3.13. The predicted molar refractivity (Wildman–Crippen MR) is 96.3 cm³/mol. The molecule has 18 heteroatoms. The van der Waals surface area contributed by atoms with Gasteiger partial charge in [0, 0.05) is 0 Å². The molecule has 2 aromatic rings. The highest BCUT2D eigenvalue weighted by Gasteiger charge is 2.46. The fourth-order valence-corrected chi connectivity index (χ4v) is 4.58. The van der Waals surface area contributed by atoms with Crippen LogP contribution in [0.1, 0.15) is 6.23 Å². The highest BCUT2D eigenvalue weighted by Crippen LogP contribution is 2.57. The van der Waals surface area contributed by atoms with Gasteiger partial charge in [-0.05, 0) is 6.26 Å². The number of nitrogens with two attached hydrogens (primary N) is 1. The molecule has 3 heterocycles. The van der Waals surface area contributed by atoms with E-state index < -0.39 is 46.8 Å². The summed E-state index contributed by atoms with van der Waals surface area (Å²) < 4.78 is 37.1. The van der Waals surface area contributed by atoms with Crippen molar-refractivity contribution >= 4 is 44.4 Å². The number of nitrogen functional groups attached to an aromatic ring is 1. The number of aliphatic hydroxyl groups excluding tert-OH is 2. The van der Waals surface area contributed by atoms with Crippen molar-refractivity contribution in [3.05, 3.63) is 6.33 Å². The van der Waals surface area contributed by atoms with Crippen LogP contribution in [0.4, 0.5) is 5.82 Å². The highest BCUT2D eigenvalue weighted by molar-refractivity contribution is 7.98. The van der Waals surface area contributed by atoms with E-state index in [4.69, 9.17) is 20.3 Å². The quantitative estimate of drug-likeness (QED) is 0.160. The minimum atomic E-state index is -5.30. The van der Waals surface area contributed by atoms with Gasteiger partial charge in [0.2, 0.25) is 0 Å². The van der Waals surface area contributed by atoms with Crippen LogP contribution in [0.15, 0.2) is 11.5 Å². The van der Waals surface area contributed by atoms with Gasteiger partial charge in [0.05, 0.1) is 12.9 Å². The van der Waals surface area contributed by atoms with Gasteiger partial charge in [-0.25, -0.2) is 24.1 Å².